The molecule has 30 heavy (non-hydrogen) atoms. The first-order chi connectivity index (χ1) is 14.8. The summed E-state index contributed by atoms with van der Waals surface area (Å²) in [6.07, 6.45) is 4.34. The Labute approximate surface area is 178 Å². The number of aromatic nitrogens is 1. The van der Waals surface area contributed by atoms with Crippen LogP contribution in [0.2, 0.25) is 0 Å². The molecular formula is C22H33NO7. The van der Waals surface area contributed by atoms with E-state index in [4.69, 9.17) is 33.2 Å². The third-order valence-corrected chi connectivity index (χ3v) is 4.61. The second kappa shape index (κ2) is 13.7. The van der Waals surface area contributed by atoms with Gasteiger partial charge in [-0.05, 0) is 12.8 Å². The highest BCUT2D eigenvalue weighted by Crippen LogP contribution is 2.22. The number of pyridine rings is 1. The Morgan fingerprint density at radius 2 is 1.77 bits per heavy atom. The van der Waals surface area contributed by atoms with E-state index < -0.39 is 0 Å². The molecule has 0 saturated carbocycles. The van der Waals surface area contributed by atoms with Gasteiger partial charge in [0.2, 0.25) is 0 Å². The van der Waals surface area contributed by atoms with E-state index in [-0.39, 0.29) is 12.4 Å². The average molecular weight is 424 g/mol. The maximum atomic E-state index is 6.05. The van der Waals surface area contributed by atoms with Crippen molar-refractivity contribution < 1.29 is 33.2 Å². The highest BCUT2D eigenvalue weighted by Gasteiger charge is 2.17. The summed E-state index contributed by atoms with van der Waals surface area (Å²) >= 11 is 0. The molecule has 1 saturated heterocycles. The number of nitrogens with zero attached hydrogens (tertiary/aromatic N) is 1. The largest absolute Gasteiger partial charge is 0.465 e. The Morgan fingerprint density at radius 3 is 2.57 bits per heavy atom. The zero-order valence-electron chi connectivity index (χ0n) is 17.6. The molecule has 0 N–H and O–H groups in total. The Bertz CT molecular complexity index is 622. The van der Waals surface area contributed by atoms with Gasteiger partial charge in [0.1, 0.15) is 11.9 Å². The van der Waals surface area contributed by atoms with Gasteiger partial charge in [0.15, 0.2) is 6.29 Å². The lowest BCUT2D eigenvalue weighted by Crippen LogP contribution is -2.27. The summed E-state index contributed by atoms with van der Waals surface area (Å²) in [4.78, 5) is 4.66. The molecular weight excluding hydrogens is 390 g/mol. The molecule has 1 aromatic heterocycles. The fourth-order valence-corrected chi connectivity index (χ4v) is 3.15. The lowest BCUT2D eigenvalue weighted by atomic mass is 10.2. The van der Waals surface area contributed by atoms with Gasteiger partial charge in [0, 0.05) is 18.6 Å². The van der Waals surface area contributed by atoms with Crippen molar-refractivity contribution in [2.45, 2.75) is 44.9 Å². The minimum absolute atomic E-state index is 0.220. The standard InChI is InChI=1S/C22H33NO7/c1-2-6-25-16-21-17-27-11-9-24-8-10-26-14-18-12-20(13-19(23-18)15-29-21)30-22-5-3-4-7-28-22/h2,12-13,21-22H,1,3-11,14-17H2. The first-order valence-corrected chi connectivity index (χ1v) is 10.6. The smallest absolute Gasteiger partial charge is 0.199 e. The molecule has 2 aliphatic rings. The number of hydrogen-bond acceptors (Lipinski definition) is 8. The number of fused-ring (bicyclic) bond motifs is 2. The lowest BCUT2D eigenvalue weighted by Gasteiger charge is -2.24. The molecule has 0 aliphatic carbocycles. The summed E-state index contributed by atoms with van der Waals surface area (Å²) in [6, 6.07) is 3.79. The topological polar surface area (TPSA) is 77.5 Å². The van der Waals surface area contributed by atoms with Gasteiger partial charge < -0.3 is 33.2 Å². The van der Waals surface area contributed by atoms with E-state index in [9.17, 15) is 0 Å². The summed E-state index contributed by atoms with van der Waals surface area (Å²) in [6.45, 7) is 8.38. The first-order valence-electron chi connectivity index (χ1n) is 10.6. The normalized spacial score (nSPS) is 24.4. The van der Waals surface area contributed by atoms with Crippen molar-refractivity contribution in [3.8, 4) is 5.75 Å². The van der Waals surface area contributed by atoms with Crippen LogP contribution in [0.3, 0.4) is 0 Å². The Kier molecular flexibility index (Phi) is 10.6. The van der Waals surface area contributed by atoms with Crippen molar-refractivity contribution in [3.05, 3.63) is 36.2 Å². The van der Waals surface area contributed by atoms with Gasteiger partial charge >= 0.3 is 0 Å². The van der Waals surface area contributed by atoms with Crippen molar-refractivity contribution in [2.24, 2.45) is 0 Å². The predicted molar refractivity (Wildman–Crippen MR) is 109 cm³/mol. The van der Waals surface area contributed by atoms with Crippen molar-refractivity contribution in [1.29, 1.82) is 0 Å². The maximum Gasteiger partial charge on any atom is 0.199 e. The molecule has 8 heteroatoms. The van der Waals surface area contributed by atoms with Crippen molar-refractivity contribution in [3.63, 3.8) is 0 Å². The van der Waals surface area contributed by atoms with E-state index in [2.05, 4.69) is 11.6 Å². The number of rotatable bonds is 6. The fraction of sp³-hybridized carbons (Fsp3) is 0.682. The van der Waals surface area contributed by atoms with Crippen LogP contribution in [0.5, 0.6) is 5.75 Å². The average Bonchev–Trinajstić information content (AvgIpc) is 2.76. The minimum atomic E-state index is -0.223. The molecule has 2 bridgehead atoms. The Morgan fingerprint density at radius 1 is 0.967 bits per heavy atom. The second-order valence-electron chi connectivity index (χ2n) is 7.20. The lowest BCUT2D eigenvalue weighted by molar-refractivity contribution is -0.106. The molecule has 2 unspecified atom stereocenters. The molecule has 2 aliphatic heterocycles. The second-order valence-corrected chi connectivity index (χ2v) is 7.20. The van der Waals surface area contributed by atoms with Gasteiger partial charge in [-0.25, -0.2) is 0 Å². The van der Waals surface area contributed by atoms with E-state index in [1.165, 1.54) is 0 Å². The Hall–Kier alpha value is -1.55. The molecule has 0 aromatic carbocycles. The van der Waals surface area contributed by atoms with Gasteiger partial charge in [-0.1, -0.05) is 6.08 Å². The van der Waals surface area contributed by atoms with E-state index in [1.807, 2.05) is 12.1 Å². The van der Waals surface area contributed by atoms with E-state index in [0.717, 1.165) is 37.3 Å². The van der Waals surface area contributed by atoms with E-state index in [0.29, 0.717) is 65.2 Å². The first kappa shape index (κ1) is 23.1. The van der Waals surface area contributed by atoms with Gasteiger partial charge in [-0.2, -0.15) is 0 Å². The number of ether oxygens (including phenoxy) is 7. The molecule has 0 radical (unpaired) electrons. The summed E-state index contributed by atoms with van der Waals surface area (Å²) in [5.41, 5.74) is 1.55. The highest BCUT2D eigenvalue weighted by molar-refractivity contribution is 5.27. The summed E-state index contributed by atoms with van der Waals surface area (Å²) in [7, 11) is 0. The van der Waals surface area contributed by atoms with Crippen LogP contribution in [0.15, 0.2) is 24.8 Å². The molecule has 1 aromatic rings. The zero-order valence-corrected chi connectivity index (χ0v) is 17.6. The van der Waals surface area contributed by atoms with Crippen LogP contribution < -0.4 is 4.74 Å². The third-order valence-electron chi connectivity index (χ3n) is 4.61. The molecule has 3 rings (SSSR count). The quantitative estimate of drug-likeness (QED) is 0.511. The maximum absolute atomic E-state index is 6.05. The van der Waals surface area contributed by atoms with E-state index >= 15 is 0 Å². The molecule has 8 nitrogen and oxygen atoms in total. The third kappa shape index (κ3) is 8.67. The summed E-state index contributed by atoms with van der Waals surface area (Å²) < 4.78 is 40.2. The van der Waals surface area contributed by atoms with Gasteiger partial charge in [-0.15, -0.1) is 6.58 Å². The van der Waals surface area contributed by atoms with Gasteiger partial charge in [0.05, 0.1) is 77.5 Å². The fourth-order valence-electron chi connectivity index (χ4n) is 3.15. The minimum Gasteiger partial charge on any atom is -0.465 e. The van der Waals surface area contributed by atoms with Crippen LogP contribution in [0.1, 0.15) is 30.7 Å². The van der Waals surface area contributed by atoms with Gasteiger partial charge in [0.25, 0.3) is 0 Å². The molecule has 0 amide bonds. The van der Waals surface area contributed by atoms with Crippen LogP contribution in [0.4, 0.5) is 0 Å². The number of hydrogen-bond donors (Lipinski definition) is 0. The zero-order chi connectivity index (χ0) is 20.9. The van der Waals surface area contributed by atoms with Crippen molar-refractivity contribution in [2.75, 3.05) is 52.9 Å². The SMILES string of the molecule is C=CCOCC1COCCOCCOCc2cc(OC3CCCCO3)cc(n2)CO1. The van der Waals surface area contributed by atoms with Crippen LogP contribution in [0.25, 0.3) is 0 Å². The molecule has 3 heterocycles. The van der Waals surface area contributed by atoms with Crippen LogP contribution in [-0.2, 0) is 41.6 Å². The van der Waals surface area contributed by atoms with Crippen LogP contribution in [0, 0.1) is 0 Å². The molecule has 1 fully saturated rings. The predicted octanol–water partition coefficient (Wildman–Crippen LogP) is 2.64. The van der Waals surface area contributed by atoms with Crippen LogP contribution in [-0.4, -0.2) is 70.2 Å². The molecule has 0 spiro atoms. The van der Waals surface area contributed by atoms with Crippen molar-refractivity contribution >= 4 is 0 Å². The molecule has 2 atom stereocenters. The summed E-state index contributed by atoms with van der Waals surface area (Å²) in [5, 5.41) is 0. The van der Waals surface area contributed by atoms with E-state index in [1.54, 1.807) is 6.08 Å². The summed E-state index contributed by atoms with van der Waals surface area (Å²) in [5.74, 6) is 0.713. The monoisotopic (exact) mass is 423 g/mol. The van der Waals surface area contributed by atoms with Crippen LogP contribution >= 0.6 is 0 Å². The molecule has 168 valence electrons. The Balaban J connectivity index is 1.67. The van der Waals surface area contributed by atoms with Gasteiger partial charge in [-0.3, -0.25) is 4.98 Å². The van der Waals surface area contributed by atoms with Crippen molar-refractivity contribution in [1.82, 2.24) is 4.98 Å². The highest BCUT2D eigenvalue weighted by atomic mass is 16.7.